The summed E-state index contributed by atoms with van der Waals surface area (Å²) in [5.41, 5.74) is 1.83. The Morgan fingerprint density at radius 2 is 1.92 bits per heavy atom. The molecule has 2 aromatic rings. The number of piperidine rings is 2. The van der Waals surface area contributed by atoms with E-state index in [-0.39, 0.29) is 23.8 Å². The monoisotopic (exact) mass is 497 g/mol. The molecule has 2 aliphatic rings. The van der Waals surface area contributed by atoms with E-state index in [1.807, 2.05) is 34.1 Å². The number of aryl methyl sites for hydroxylation is 1. The fraction of sp³-hybridized carbons (Fsp3) is 0.679. The molecular weight excluding hydrogens is 454 g/mol. The van der Waals surface area contributed by atoms with Crippen LogP contribution in [0.3, 0.4) is 0 Å². The molecule has 2 atom stereocenters. The van der Waals surface area contributed by atoms with Crippen molar-refractivity contribution in [2.24, 2.45) is 11.8 Å². The molecule has 0 saturated carbocycles. The first-order valence-corrected chi connectivity index (χ1v) is 13.7. The molecule has 0 unspecified atom stereocenters. The molecule has 0 spiro atoms. The Bertz CT molecular complexity index is 1010. The summed E-state index contributed by atoms with van der Waals surface area (Å²) in [5.74, 6) is 0.932. The molecule has 4 rings (SSSR count). The van der Waals surface area contributed by atoms with E-state index in [9.17, 15) is 9.59 Å². The molecule has 198 valence electrons. The third-order valence-corrected chi connectivity index (χ3v) is 7.43. The van der Waals surface area contributed by atoms with Crippen LogP contribution in [0.25, 0.3) is 11.0 Å². The zero-order valence-corrected chi connectivity index (χ0v) is 22.2. The van der Waals surface area contributed by atoms with Crippen LogP contribution in [-0.2, 0) is 16.1 Å². The number of rotatable bonds is 10. The van der Waals surface area contributed by atoms with Crippen molar-refractivity contribution < 1.29 is 14.3 Å². The predicted molar refractivity (Wildman–Crippen MR) is 142 cm³/mol. The highest BCUT2D eigenvalue weighted by Crippen LogP contribution is 2.25. The van der Waals surface area contributed by atoms with Crippen molar-refractivity contribution in [2.45, 2.75) is 65.0 Å². The third kappa shape index (κ3) is 6.27. The lowest BCUT2D eigenvalue weighted by atomic mass is 9.92. The van der Waals surface area contributed by atoms with Crippen molar-refractivity contribution in [1.29, 1.82) is 0 Å². The van der Waals surface area contributed by atoms with Gasteiger partial charge in [-0.3, -0.25) is 9.59 Å². The number of hydrogen-bond donors (Lipinski definition) is 1. The van der Waals surface area contributed by atoms with Crippen molar-refractivity contribution in [3.8, 4) is 0 Å². The number of carbonyl (C=O) groups excluding carboxylic acids is 2. The van der Waals surface area contributed by atoms with E-state index in [2.05, 4.69) is 23.7 Å². The maximum atomic E-state index is 14.1. The first-order chi connectivity index (χ1) is 17.5. The molecule has 1 aromatic heterocycles. The van der Waals surface area contributed by atoms with Crippen LogP contribution in [0, 0.1) is 11.8 Å². The van der Waals surface area contributed by atoms with Crippen LogP contribution in [0.15, 0.2) is 24.3 Å². The highest BCUT2D eigenvalue weighted by molar-refractivity contribution is 5.95. The molecule has 2 amide bonds. The second kappa shape index (κ2) is 12.7. The molecule has 1 N–H and O–H groups in total. The topological polar surface area (TPSA) is 79.7 Å². The maximum absolute atomic E-state index is 14.1. The van der Waals surface area contributed by atoms with Gasteiger partial charge in [-0.05, 0) is 56.6 Å². The summed E-state index contributed by atoms with van der Waals surface area (Å²) < 4.78 is 7.30. The number of ether oxygens (including phenoxy) is 1. The highest BCUT2D eigenvalue weighted by Gasteiger charge is 2.36. The van der Waals surface area contributed by atoms with Crippen LogP contribution in [0.1, 0.15) is 63.0 Å². The van der Waals surface area contributed by atoms with Crippen LogP contribution in [0.2, 0.25) is 0 Å². The van der Waals surface area contributed by atoms with E-state index in [4.69, 9.17) is 9.72 Å². The molecule has 2 fully saturated rings. The van der Waals surface area contributed by atoms with Gasteiger partial charge in [-0.25, -0.2) is 4.98 Å². The fourth-order valence-corrected chi connectivity index (χ4v) is 5.62. The number of hydrogen-bond acceptors (Lipinski definition) is 5. The van der Waals surface area contributed by atoms with E-state index >= 15 is 0 Å². The Kier molecular flexibility index (Phi) is 9.37. The summed E-state index contributed by atoms with van der Waals surface area (Å²) in [7, 11) is 1.72. The Hall–Kier alpha value is -2.45. The molecule has 2 aliphatic heterocycles. The van der Waals surface area contributed by atoms with Gasteiger partial charge in [0.25, 0.3) is 5.91 Å². The van der Waals surface area contributed by atoms with E-state index < -0.39 is 0 Å². The molecule has 0 aliphatic carbocycles. The lowest BCUT2D eigenvalue weighted by Gasteiger charge is -2.40. The lowest BCUT2D eigenvalue weighted by Crippen LogP contribution is -2.55. The Morgan fingerprint density at radius 1 is 1.14 bits per heavy atom. The highest BCUT2D eigenvalue weighted by atomic mass is 16.5. The summed E-state index contributed by atoms with van der Waals surface area (Å²) in [6, 6.07) is 7.94. The van der Waals surface area contributed by atoms with Crippen LogP contribution in [0.5, 0.6) is 0 Å². The van der Waals surface area contributed by atoms with Gasteiger partial charge in [-0.1, -0.05) is 26.0 Å². The first kappa shape index (κ1) is 26.6. The van der Waals surface area contributed by atoms with Gasteiger partial charge in [-0.2, -0.15) is 0 Å². The maximum Gasteiger partial charge on any atom is 0.290 e. The van der Waals surface area contributed by atoms with Crippen molar-refractivity contribution in [2.75, 3.05) is 46.4 Å². The van der Waals surface area contributed by atoms with Crippen LogP contribution >= 0.6 is 0 Å². The van der Waals surface area contributed by atoms with Crippen molar-refractivity contribution in [3.05, 3.63) is 30.1 Å². The average Bonchev–Trinajstić information content (AvgIpc) is 3.28. The summed E-state index contributed by atoms with van der Waals surface area (Å²) in [6.07, 6.45) is 5.93. The summed E-state index contributed by atoms with van der Waals surface area (Å²) in [4.78, 5) is 36.2. The lowest BCUT2D eigenvalue weighted by molar-refractivity contribution is -0.137. The normalized spacial score (nSPS) is 20.7. The summed E-state index contributed by atoms with van der Waals surface area (Å²) in [6.45, 7) is 9.46. The summed E-state index contributed by atoms with van der Waals surface area (Å²) in [5, 5.41) is 3.47. The standard InChI is InChI=1S/C28H43N5O3/c1-21(2)20-33(23-17-22(18-29-19-23)27(34)31-13-7-4-8-14-31)28(35)26-30-24-11-5-6-12-25(24)32(26)15-9-10-16-36-3/h5-6,11-12,21-23,29H,4,7-10,13-20H2,1-3H3/t22-,23+/m1/s1. The number of amides is 2. The second-order valence-corrected chi connectivity index (χ2v) is 10.8. The molecule has 0 bridgehead atoms. The fourth-order valence-electron chi connectivity index (χ4n) is 5.62. The van der Waals surface area contributed by atoms with Gasteiger partial charge >= 0.3 is 0 Å². The number of unbranched alkanes of at least 4 members (excludes halogenated alkanes) is 1. The molecule has 36 heavy (non-hydrogen) atoms. The SMILES string of the molecule is COCCCCn1c(C(=O)N(CC(C)C)[C@@H]2CNC[C@H](C(=O)N3CCCCC3)C2)nc2ccccc21. The van der Waals surface area contributed by atoms with E-state index in [1.54, 1.807) is 7.11 Å². The van der Waals surface area contributed by atoms with Crippen molar-refractivity contribution >= 4 is 22.8 Å². The van der Waals surface area contributed by atoms with Gasteiger partial charge in [0.15, 0.2) is 5.82 Å². The van der Waals surface area contributed by atoms with Crippen molar-refractivity contribution in [3.63, 3.8) is 0 Å². The second-order valence-electron chi connectivity index (χ2n) is 10.8. The zero-order valence-electron chi connectivity index (χ0n) is 22.2. The van der Waals surface area contributed by atoms with Crippen LogP contribution < -0.4 is 5.32 Å². The van der Waals surface area contributed by atoms with Crippen LogP contribution in [-0.4, -0.2) is 83.6 Å². The number of imidazole rings is 1. The molecule has 8 nitrogen and oxygen atoms in total. The number of methoxy groups -OCH3 is 1. The van der Waals surface area contributed by atoms with Gasteiger partial charge in [0.2, 0.25) is 5.91 Å². The first-order valence-electron chi connectivity index (χ1n) is 13.7. The smallest absolute Gasteiger partial charge is 0.290 e. The molecule has 0 radical (unpaired) electrons. The van der Waals surface area contributed by atoms with Gasteiger partial charge in [0.1, 0.15) is 0 Å². The number of carbonyl (C=O) groups is 2. The van der Waals surface area contributed by atoms with Gasteiger partial charge in [0, 0.05) is 59.0 Å². The predicted octanol–water partition coefficient (Wildman–Crippen LogP) is 3.55. The van der Waals surface area contributed by atoms with Crippen molar-refractivity contribution in [1.82, 2.24) is 24.7 Å². The van der Waals surface area contributed by atoms with E-state index in [0.717, 1.165) is 56.4 Å². The van der Waals surface area contributed by atoms with E-state index in [0.29, 0.717) is 44.4 Å². The minimum absolute atomic E-state index is 0.0332. The molecular formula is C28H43N5O3. The minimum atomic E-state index is -0.0860. The van der Waals surface area contributed by atoms with Gasteiger partial charge < -0.3 is 24.4 Å². The number of nitrogens with zero attached hydrogens (tertiary/aromatic N) is 4. The Balaban J connectivity index is 1.57. The number of fused-ring (bicyclic) bond motifs is 1. The zero-order chi connectivity index (χ0) is 25.5. The Labute approximate surface area is 215 Å². The number of aromatic nitrogens is 2. The number of benzene rings is 1. The van der Waals surface area contributed by atoms with E-state index in [1.165, 1.54) is 6.42 Å². The summed E-state index contributed by atoms with van der Waals surface area (Å²) >= 11 is 0. The largest absolute Gasteiger partial charge is 0.385 e. The minimum Gasteiger partial charge on any atom is -0.385 e. The molecule has 1 aromatic carbocycles. The Morgan fingerprint density at radius 3 is 2.67 bits per heavy atom. The number of likely N-dealkylation sites (tertiary alicyclic amines) is 1. The van der Waals surface area contributed by atoms with Crippen LogP contribution in [0.4, 0.5) is 0 Å². The molecule has 8 heteroatoms. The number of nitrogens with one attached hydrogen (secondary N) is 1. The van der Waals surface area contributed by atoms with Gasteiger partial charge in [0.05, 0.1) is 17.0 Å². The number of para-hydroxylation sites is 2. The average molecular weight is 498 g/mol. The molecule has 2 saturated heterocycles. The van der Waals surface area contributed by atoms with Gasteiger partial charge in [-0.15, -0.1) is 0 Å². The molecule has 3 heterocycles. The third-order valence-electron chi connectivity index (χ3n) is 7.43. The quantitative estimate of drug-likeness (QED) is 0.508.